The molecule has 3 heterocycles. The van der Waals surface area contributed by atoms with E-state index in [0.29, 0.717) is 31.1 Å². The number of hydrogen-bond acceptors (Lipinski definition) is 5. The van der Waals surface area contributed by atoms with Crippen LogP contribution in [0, 0.1) is 6.92 Å². The van der Waals surface area contributed by atoms with Crippen molar-refractivity contribution in [3.05, 3.63) is 60.4 Å². The molecule has 4 aromatic rings. The molecule has 0 amide bonds. The molecule has 1 saturated heterocycles. The number of aromatic nitrogens is 2. The predicted octanol–water partition coefficient (Wildman–Crippen LogP) is 3.55. The van der Waals surface area contributed by atoms with Crippen molar-refractivity contribution in [3.8, 4) is 5.75 Å². The minimum atomic E-state index is -3.48. The standard InChI is InChI=1S/C24H26N4O3S/c1-17-24-19(9-10-25-17)20-15-22(23(31-3)16-21(20)26(24)2)27-11-13-28(14-12-27)32(29,30)18-7-5-4-6-8-18/h4-10,15-16H,11-14H2,1-3H3. The molecule has 8 heteroatoms. The maximum absolute atomic E-state index is 13.0. The molecule has 166 valence electrons. The summed E-state index contributed by atoms with van der Waals surface area (Å²) in [6, 6.07) is 14.9. The third-order valence-corrected chi connectivity index (χ3v) is 8.26. The molecule has 32 heavy (non-hydrogen) atoms. The number of pyridine rings is 1. The molecule has 0 unspecified atom stereocenters. The van der Waals surface area contributed by atoms with Crippen molar-refractivity contribution in [2.75, 3.05) is 38.2 Å². The van der Waals surface area contributed by atoms with E-state index in [-0.39, 0.29) is 0 Å². The summed E-state index contributed by atoms with van der Waals surface area (Å²) < 4.78 is 35.4. The van der Waals surface area contributed by atoms with Crippen LogP contribution < -0.4 is 9.64 Å². The molecule has 0 atom stereocenters. The number of sulfonamides is 1. The first-order chi connectivity index (χ1) is 15.4. The minimum Gasteiger partial charge on any atom is -0.495 e. The molecule has 0 N–H and O–H groups in total. The molecule has 0 saturated carbocycles. The summed E-state index contributed by atoms with van der Waals surface area (Å²) in [7, 11) is 0.241. The van der Waals surface area contributed by atoms with E-state index in [1.165, 1.54) is 0 Å². The van der Waals surface area contributed by atoms with Gasteiger partial charge in [0, 0.05) is 56.3 Å². The van der Waals surface area contributed by atoms with E-state index >= 15 is 0 Å². The Labute approximate surface area is 187 Å². The van der Waals surface area contributed by atoms with Crippen LogP contribution in [0.2, 0.25) is 0 Å². The number of nitrogens with zero attached hydrogens (tertiary/aromatic N) is 4. The highest BCUT2D eigenvalue weighted by Crippen LogP contribution is 2.38. The lowest BCUT2D eigenvalue weighted by molar-refractivity contribution is 0.378. The largest absolute Gasteiger partial charge is 0.495 e. The quantitative estimate of drug-likeness (QED) is 0.476. The number of ether oxygens (including phenoxy) is 1. The molecular weight excluding hydrogens is 424 g/mol. The van der Waals surface area contributed by atoms with Gasteiger partial charge in [-0.3, -0.25) is 4.98 Å². The van der Waals surface area contributed by atoms with Gasteiger partial charge in [0.1, 0.15) is 5.75 Å². The summed E-state index contributed by atoms with van der Waals surface area (Å²) in [5.41, 5.74) is 4.17. The Balaban J connectivity index is 1.49. The van der Waals surface area contributed by atoms with Gasteiger partial charge in [0.05, 0.1) is 34.4 Å². The van der Waals surface area contributed by atoms with E-state index in [9.17, 15) is 8.42 Å². The Kier molecular flexibility index (Phi) is 5.06. The number of fused-ring (bicyclic) bond motifs is 3. The maximum Gasteiger partial charge on any atom is 0.243 e. The van der Waals surface area contributed by atoms with E-state index in [1.807, 2.05) is 32.3 Å². The highest BCUT2D eigenvalue weighted by molar-refractivity contribution is 7.89. The first kappa shape index (κ1) is 20.8. The number of hydrogen-bond donors (Lipinski definition) is 0. The zero-order valence-electron chi connectivity index (χ0n) is 18.4. The van der Waals surface area contributed by atoms with Crippen molar-refractivity contribution in [1.29, 1.82) is 0 Å². The van der Waals surface area contributed by atoms with Crippen LogP contribution in [0.3, 0.4) is 0 Å². The third-order valence-electron chi connectivity index (χ3n) is 6.35. The number of piperazine rings is 1. The fourth-order valence-electron chi connectivity index (χ4n) is 4.69. The summed E-state index contributed by atoms with van der Waals surface area (Å²) in [4.78, 5) is 7.00. The van der Waals surface area contributed by atoms with Gasteiger partial charge in [-0.15, -0.1) is 0 Å². The zero-order chi connectivity index (χ0) is 22.5. The predicted molar refractivity (Wildman–Crippen MR) is 127 cm³/mol. The highest BCUT2D eigenvalue weighted by Gasteiger charge is 2.29. The Hall–Kier alpha value is -3.10. The van der Waals surface area contributed by atoms with Crippen molar-refractivity contribution in [2.24, 2.45) is 7.05 Å². The lowest BCUT2D eigenvalue weighted by Gasteiger charge is -2.36. The number of benzene rings is 2. The summed E-state index contributed by atoms with van der Waals surface area (Å²) in [5, 5.41) is 2.30. The van der Waals surface area contributed by atoms with Crippen LogP contribution in [0.15, 0.2) is 59.6 Å². The molecule has 7 nitrogen and oxygen atoms in total. The number of methoxy groups -OCH3 is 1. The van der Waals surface area contributed by atoms with Crippen LogP contribution in [0.1, 0.15) is 5.69 Å². The lowest BCUT2D eigenvalue weighted by atomic mass is 10.1. The van der Waals surface area contributed by atoms with Gasteiger partial charge in [0.15, 0.2) is 0 Å². The second-order valence-corrected chi connectivity index (χ2v) is 10.0. The molecule has 0 bridgehead atoms. The van der Waals surface area contributed by atoms with Gasteiger partial charge in [-0.2, -0.15) is 4.31 Å². The molecule has 0 radical (unpaired) electrons. The molecule has 0 spiro atoms. The average molecular weight is 451 g/mol. The van der Waals surface area contributed by atoms with Gasteiger partial charge in [0.2, 0.25) is 10.0 Å². The Bertz CT molecular complexity index is 1410. The summed E-state index contributed by atoms with van der Waals surface area (Å²) >= 11 is 0. The Morgan fingerprint density at radius 3 is 2.38 bits per heavy atom. The van der Waals surface area contributed by atoms with Gasteiger partial charge >= 0.3 is 0 Å². The van der Waals surface area contributed by atoms with Crippen LogP contribution in [0.5, 0.6) is 5.75 Å². The average Bonchev–Trinajstić information content (AvgIpc) is 3.11. The Morgan fingerprint density at radius 1 is 0.969 bits per heavy atom. The van der Waals surface area contributed by atoms with E-state index in [1.54, 1.807) is 35.7 Å². The van der Waals surface area contributed by atoms with E-state index in [4.69, 9.17) is 4.74 Å². The molecule has 5 rings (SSSR count). The zero-order valence-corrected chi connectivity index (χ0v) is 19.3. The normalized spacial score (nSPS) is 15.5. The molecule has 1 aliphatic rings. The molecule has 1 aliphatic heterocycles. The van der Waals surface area contributed by atoms with Gasteiger partial charge in [-0.1, -0.05) is 18.2 Å². The van der Waals surface area contributed by atoms with Crippen LogP contribution in [0.25, 0.3) is 21.8 Å². The third kappa shape index (κ3) is 3.22. The smallest absolute Gasteiger partial charge is 0.243 e. The van der Waals surface area contributed by atoms with Crippen molar-refractivity contribution < 1.29 is 13.2 Å². The second kappa shape index (κ2) is 7.79. The van der Waals surface area contributed by atoms with Gasteiger partial charge in [-0.05, 0) is 31.2 Å². The van der Waals surface area contributed by atoms with E-state index < -0.39 is 10.0 Å². The molecule has 1 fully saturated rings. The van der Waals surface area contributed by atoms with Crippen molar-refractivity contribution >= 4 is 37.5 Å². The fourth-order valence-corrected chi connectivity index (χ4v) is 6.14. The number of anilines is 1. The van der Waals surface area contributed by atoms with E-state index in [2.05, 4.69) is 26.6 Å². The SMILES string of the molecule is COc1cc2c(cc1N1CCN(S(=O)(=O)c3ccccc3)CC1)c1ccnc(C)c1n2C. The number of aryl methyl sites for hydroxylation is 2. The maximum atomic E-state index is 13.0. The monoisotopic (exact) mass is 450 g/mol. The summed E-state index contributed by atoms with van der Waals surface area (Å²) in [6.45, 7) is 4.07. The van der Waals surface area contributed by atoms with Gasteiger partial charge in [-0.25, -0.2) is 8.42 Å². The second-order valence-electron chi connectivity index (χ2n) is 8.10. The first-order valence-electron chi connectivity index (χ1n) is 10.6. The van der Waals surface area contributed by atoms with Crippen LogP contribution in [0.4, 0.5) is 5.69 Å². The molecular formula is C24H26N4O3S. The van der Waals surface area contributed by atoms with Crippen LogP contribution in [-0.4, -0.2) is 55.6 Å². The van der Waals surface area contributed by atoms with Crippen LogP contribution in [-0.2, 0) is 17.1 Å². The van der Waals surface area contributed by atoms with Crippen molar-refractivity contribution in [3.63, 3.8) is 0 Å². The van der Waals surface area contributed by atoms with Gasteiger partial charge in [0.25, 0.3) is 0 Å². The van der Waals surface area contributed by atoms with E-state index in [0.717, 1.165) is 38.9 Å². The lowest BCUT2D eigenvalue weighted by Crippen LogP contribution is -2.48. The fraction of sp³-hybridized carbons (Fsp3) is 0.292. The molecule has 2 aromatic heterocycles. The first-order valence-corrected chi connectivity index (χ1v) is 12.1. The molecule has 0 aliphatic carbocycles. The van der Waals surface area contributed by atoms with Gasteiger partial charge < -0.3 is 14.2 Å². The van der Waals surface area contributed by atoms with Crippen molar-refractivity contribution in [2.45, 2.75) is 11.8 Å². The topological polar surface area (TPSA) is 67.7 Å². The summed E-state index contributed by atoms with van der Waals surface area (Å²) in [6.07, 6.45) is 1.84. The number of rotatable bonds is 4. The molecule has 2 aromatic carbocycles. The summed E-state index contributed by atoms with van der Waals surface area (Å²) in [5.74, 6) is 0.786. The highest BCUT2D eigenvalue weighted by atomic mass is 32.2. The van der Waals surface area contributed by atoms with Crippen LogP contribution >= 0.6 is 0 Å². The van der Waals surface area contributed by atoms with Crippen molar-refractivity contribution in [1.82, 2.24) is 13.9 Å². The Morgan fingerprint density at radius 2 is 1.69 bits per heavy atom. The minimum absolute atomic E-state index is 0.340.